The van der Waals surface area contributed by atoms with Gasteiger partial charge in [0.1, 0.15) is 0 Å². The average molecular weight is 550 g/mol. The lowest BCUT2D eigenvalue weighted by atomic mass is 9.77. The summed E-state index contributed by atoms with van der Waals surface area (Å²) in [5.41, 5.74) is 8.28. The zero-order valence-electron chi connectivity index (χ0n) is 25.2. The molecular formula is C36H43N3O2. The van der Waals surface area contributed by atoms with Crippen LogP contribution in [-0.2, 0) is 21.6 Å². The maximum Gasteiger partial charge on any atom is 0.234 e. The third-order valence-corrected chi connectivity index (χ3v) is 9.35. The zero-order chi connectivity index (χ0) is 28.7. The molecule has 0 radical (unpaired) electrons. The summed E-state index contributed by atoms with van der Waals surface area (Å²) in [7, 11) is 0. The first-order chi connectivity index (χ1) is 19.7. The largest absolute Gasteiger partial charge is 0.376 e. The number of aromatic nitrogens is 2. The van der Waals surface area contributed by atoms with Gasteiger partial charge < -0.3 is 14.6 Å². The van der Waals surface area contributed by atoms with Gasteiger partial charge in [-0.2, -0.15) is 0 Å². The van der Waals surface area contributed by atoms with E-state index < -0.39 is 5.41 Å². The van der Waals surface area contributed by atoms with Crippen LogP contribution in [0.3, 0.4) is 0 Å². The molecule has 2 aromatic heterocycles. The van der Waals surface area contributed by atoms with E-state index in [1.807, 2.05) is 24.4 Å². The van der Waals surface area contributed by atoms with Crippen LogP contribution in [0.5, 0.6) is 0 Å². The number of ether oxygens (including phenoxy) is 1. The molecule has 2 aromatic carbocycles. The summed E-state index contributed by atoms with van der Waals surface area (Å²) in [6, 6.07) is 19.6. The second-order valence-corrected chi connectivity index (χ2v) is 13.1. The van der Waals surface area contributed by atoms with Crippen molar-refractivity contribution in [1.82, 2.24) is 14.9 Å². The summed E-state index contributed by atoms with van der Waals surface area (Å²) in [5.74, 6) is 1.00. The maximum absolute atomic E-state index is 14.0. The third-order valence-electron chi connectivity index (χ3n) is 9.35. The monoisotopic (exact) mass is 549 g/mol. The first-order valence-corrected chi connectivity index (χ1v) is 15.2. The lowest BCUT2D eigenvalue weighted by molar-refractivity contribution is -0.144. The minimum absolute atomic E-state index is 0.134. The summed E-state index contributed by atoms with van der Waals surface area (Å²) in [6.07, 6.45) is 6.73. The number of piperidine rings is 2. The Hall–Kier alpha value is -3.44. The Morgan fingerprint density at radius 3 is 2.41 bits per heavy atom. The van der Waals surface area contributed by atoms with Crippen molar-refractivity contribution in [3.05, 3.63) is 88.7 Å². The van der Waals surface area contributed by atoms with E-state index in [1.165, 1.54) is 40.7 Å². The quantitative estimate of drug-likeness (QED) is 0.244. The number of hydrogen-bond acceptors (Lipinski definition) is 3. The van der Waals surface area contributed by atoms with E-state index in [0.29, 0.717) is 25.2 Å². The van der Waals surface area contributed by atoms with E-state index in [2.05, 4.69) is 80.9 Å². The highest BCUT2D eigenvalue weighted by atomic mass is 16.5. The molecule has 4 aromatic rings. The Labute approximate surface area is 244 Å². The molecule has 3 aliphatic rings. The van der Waals surface area contributed by atoms with Crippen molar-refractivity contribution < 1.29 is 9.53 Å². The maximum atomic E-state index is 14.0. The minimum Gasteiger partial charge on any atom is -0.376 e. The van der Waals surface area contributed by atoms with Crippen LogP contribution >= 0.6 is 0 Å². The average Bonchev–Trinajstić information content (AvgIpc) is 3.36. The van der Waals surface area contributed by atoms with Crippen LogP contribution in [0.25, 0.3) is 22.2 Å². The van der Waals surface area contributed by atoms with Gasteiger partial charge in [0.05, 0.1) is 41.7 Å². The van der Waals surface area contributed by atoms with Crippen LogP contribution in [0.1, 0.15) is 80.3 Å². The molecule has 1 N–H and O–H groups in total. The van der Waals surface area contributed by atoms with Crippen LogP contribution in [0, 0.1) is 19.8 Å². The lowest BCUT2D eigenvalue weighted by Crippen LogP contribution is -2.55. The predicted molar refractivity (Wildman–Crippen MR) is 166 cm³/mol. The molecule has 4 heterocycles. The number of pyridine rings is 1. The smallest absolute Gasteiger partial charge is 0.234 e. The molecular weight excluding hydrogens is 506 g/mol. The van der Waals surface area contributed by atoms with E-state index in [4.69, 9.17) is 9.72 Å². The Morgan fingerprint density at radius 2 is 1.76 bits per heavy atom. The van der Waals surface area contributed by atoms with Gasteiger partial charge in [0, 0.05) is 23.9 Å². The Bertz CT molecular complexity index is 1530. The number of amides is 1. The molecule has 1 aliphatic carbocycles. The number of aromatic amines is 1. The van der Waals surface area contributed by atoms with Gasteiger partial charge in [-0.1, -0.05) is 54.4 Å². The number of nitrogens with one attached hydrogen (secondary N) is 1. The fraction of sp³-hybridized carbons (Fsp3) is 0.444. The van der Waals surface area contributed by atoms with Crippen LogP contribution in [0.4, 0.5) is 0 Å². The summed E-state index contributed by atoms with van der Waals surface area (Å²) in [5, 5.41) is 1.13. The van der Waals surface area contributed by atoms with Gasteiger partial charge in [0.25, 0.3) is 0 Å². The molecule has 1 saturated carbocycles. The van der Waals surface area contributed by atoms with Crippen molar-refractivity contribution in [3.8, 4) is 11.3 Å². The second-order valence-electron chi connectivity index (χ2n) is 13.1. The van der Waals surface area contributed by atoms with E-state index in [9.17, 15) is 4.79 Å². The van der Waals surface area contributed by atoms with Gasteiger partial charge in [-0.05, 0) is 94.2 Å². The molecule has 0 unspecified atom stereocenters. The first kappa shape index (κ1) is 27.7. The number of hydrogen-bond donors (Lipinski definition) is 1. The van der Waals surface area contributed by atoms with Gasteiger partial charge in [-0.25, -0.2) is 0 Å². The fourth-order valence-electron chi connectivity index (χ4n) is 7.11. The van der Waals surface area contributed by atoms with E-state index >= 15 is 0 Å². The molecule has 2 bridgehead atoms. The summed E-state index contributed by atoms with van der Waals surface area (Å²) in [6.45, 7) is 12.7. The van der Waals surface area contributed by atoms with Crippen molar-refractivity contribution in [2.75, 3.05) is 13.2 Å². The number of aryl methyl sites for hydroxylation is 2. The molecule has 214 valence electrons. The number of benzene rings is 2. The summed E-state index contributed by atoms with van der Waals surface area (Å²) >= 11 is 0. The normalized spacial score (nSPS) is 19.6. The molecule has 0 spiro atoms. The van der Waals surface area contributed by atoms with Gasteiger partial charge in [-0.3, -0.25) is 9.78 Å². The zero-order valence-corrected chi connectivity index (χ0v) is 25.2. The molecule has 3 fully saturated rings. The molecule has 41 heavy (non-hydrogen) atoms. The van der Waals surface area contributed by atoms with Crippen LogP contribution in [0.2, 0.25) is 0 Å². The summed E-state index contributed by atoms with van der Waals surface area (Å²) in [4.78, 5) is 24.8. The third kappa shape index (κ3) is 5.44. The standard InChI is InChI=1S/C36H43N3O2/c1-23-15-24(2)17-28(16-23)34-33(25(3)21-41-22-27-9-7-6-8-10-27)30-18-32(37-19-31(30)38-34)36(4,5)35(40)39-20-26-11-13-29(39)14-12-26/h6-10,15-19,25-26,29,38H,11-14,20-22H2,1-5H3/t25-,26?,29?/m1/s1. The highest BCUT2D eigenvalue weighted by Gasteiger charge is 2.43. The van der Waals surface area contributed by atoms with Crippen molar-refractivity contribution in [1.29, 1.82) is 0 Å². The summed E-state index contributed by atoms with van der Waals surface area (Å²) < 4.78 is 6.25. The van der Waals surface area contributed by atoms with Crippen LogP contribution in [-0.4, -0.2) is 40.0 Å². The molecule has 2 saturated heterocycles. The molecule has 1 atom stereocenters. The predicted octanol–water partition coefficient (Wildman–Crippen LogP) is 7.85. The molecule has 7 rings (SSSR count). The number of carbonyl (C=O) groups excluding carboxylic acids is 1. The number of nitrogens with zero attached hydrogens (tertiary/aromatic N) is 2. The van der Waals surface area contributed by atoms with Gasteiger partial charge >= 0.3 is 0 Å². The molecule has 1 amide bonds. The fourth-order valence-corrected chi connectivity index (χ4v) is 7.11. The highest BCUT2D eigenvalue weighted by Crippen LogP contribution is 2.40. The SMILES string of the molecule is Cc1cc(C)cc(-c2[nH]c3cnc(C(C)(C)C(=O)N4CC5CCC4CC5)cc3c2[C@H](C)COCc2ccccc2)c1. The number of H-pyrrole nitrogens is 1. The van der Waals surface area contributed by atoms with E-state index in [0.717, 1.165) is 41.7 Å². The van der Waals surface area contributed by atoms with Crippen molar-refractivity contribution in [3.63, 3.8) is 0 Å². The molecule has 5 heteroatoms. The highest BCUT2D eigenvalue weighted by molar-refractivity contribution is 5.93. The Balaban J connectivity index is 1.37. The van der Waals surface area contributed by atoms with Gasteiger partial charge in [0.2, 0.25) is 5.91 Å². The second kappa shape index (κ2) is 11.1. The Kier molecular flexibility index (Phi) is 7.50. The number of fused-ring (bicyclic) bond motifs is 4. The van der Waals surface area contributed by atoms with Crippen LogP contribution in [0.15, 0.2) is 60.8 Å². The Morgan fingerprint density at radius 1 is 1.05 bits per heavy atom. The van der Waals surface area contributed by atoms with Gasteiger partial charge in [0.15, 0.2) is 0 Å². The van der Waals surface area contributed by atoms with Crippen molar-refractivity contribution in [2.45, 2.75) is 84.3 Å². The van der Waals surface area contributed by atoms with Crippen LogP contribution < -0.4 is 0 Å². The first-order valence-electron chi connectivity index (χ1n) is 15.2. The van der Waals surface area contributed by atoms with Crippen molar-refractivity contribution in [2.24, 2.45) is 5.92 Å². The van der Waals surface area contributed by atoms with Crippen molar-refractivity contribution >= 4 is 16.8 Å². The topological polar surface area (TPSA) is 58.2 Å². The molecule has 5 nitrogen and oxygen atoms in total. The number of carbonyl (C=O) groups is 1. The molecule has 2 aliphatic heterocycles. The number of rotatable bonds is 8. The van der Waals surface area contributed by atoms with E-state index in [-0.39, 0.29) is 11.8 Å². The minimum atomic E-state index is -0.701. The van der Waals surface area contributed by atoms with E-state index in [1.54, 1.807) is 0 Å². The van der Waals surface area contributed by atoms with Gasteiger partial charge in [-0.15, -0.1) is 0 Å². The lowest BCUT2D eigenvalue weighted by Gasteiger charge is -2.47.